The molecule has 10 heavy (non-hydrogen) atoms. The predicted molar refractivity (Wildman–Crippen MR) is 50.8 cm³/mol. The van der Waals surface area contributed by atoms with E-state index < -0.39 is 0 Å². The van der Waals surface area contributed by atoms with Crippen LogP contribution in [0.2, 0.25) is 0 Å². The molecule has 0 aromatic heterocycles. The number of hydrogen-bond acceptors (Lipinski definition) is 1. The SMILES string of the molecule is C=C(C)C(=C)N.CC.CC. The zero-order chi connectivity index (χ0) is 9.15. The molecule has 0 saturated carbocycles. The molecular weight excluding hydrogens is 122 g/mol. The van der Waals surface area contributed by atoms with Gasteiger partial charge in [-0.15, -0.1) is 0 Å². The fraction of sp³-hybridized carbons (Fsp3) is 0.556. The second kappa shape index (κ2) is 15.7. The number of allylic oxidation sites excluding steroid dienone is 1. The van der Waals surface area contributed by atoms with E-state index in [1.807, 2.05) is 34.6 Å². The molecule has 62 valence electrons. The fourth-order valence-electron chi connectivity index (χ4n) is 0. The Hall–Kier alpha value is -0.720. The third kappa shape index (κ3) is 26.7. The van der Waals surface area contributed by atoms with Crippen LogP contribution in [0, 0.1) is 0 Å². The van der Waals surface area contributed by atoms with Crippen LogP contribution in [0.15, 0.2) is 24.4 Å². The Morgan fingerprint density at radius 1 is 1.00 bits per heavy atom. The maximum atomic E-state index is 5.14. The Balaban J connectivity index is -0.000000105. The van der Waals surface area contributed by atoms with E-state index in [0.29, 0.717) is 5.70 Å². The van der Waals surface area contributed by atoms with Gasteiger partial charge in [0, 0.05) is 5.70 Å². The third-order valence-electron chi connectivity index (χ3n) is 0.548. The van der Waals surface area contributed by atoms with E-state index in [9.17, 15) is 0 Å². The lowest BCUT2D eigenvalue weighted by Crippen LogP contribution is -1.92. The Morgan fingerprint density at radius 3 is 1.10 bits per heavy atom. The lowest BCUT2D eigenvalue weighted by Gasteiger charge is -1.89. The Bertz CT molecular complexity index is 70.7. The topological polar surface area (TPSA) is 26.0 Å². The normalized spacial score (nSPS) is 5.70. The molecule has 2 N–H and O–H groups in total. The molecule has 0 heterocycles. The van der Waals surface area contributed by atoms with Gasteiger partial charge in [0.15, 0.2) is 0 Å². The van der Waals surface area contributed by atoms with Crippen LogP contribution in [0.5, 0.6) is 0 Å². The summed E-state index contributed by atoms with van der Waals surface area (Å²) in [4.78, 5) is 0. The predicted octanol–water partition coefficient (Wildman–Crippen LogP) is 3.09. The fourth-order valence-corrected chi connectivity index (χ4v) is 0. The quantitative estimate of drug-likeness (QED) is 0.561. The van der Waals surface area contributed by atoms with Crippen LogP contribution in [0.1, 0.15) is 34.6 Å². The van der Waals surface area contributed by atoms with Crippen molar-refractivity contribution in [2.45, 2.75) is 34.6 Å². The summed E-state index contributed by atoms with van der Waals surface area (Å²) in [6.45, 7) is 16.8. The summed E-state index contributed by atoms with van der Waals surface area (Å²) >= 11 is 0. The average molecular weight is 143 g/mol. The van der Waals surface area contributed by atoms with Crippen LogP contribution < -0.4 is 5.73 Å². The van der Waals surface area contributed by atoms with Crippen molar-refractivity contribution in [3.63, 3.8) is 0 Å². The van der Waals surface area contributed by atoms with Crippen LogP contribution in [0.3, 0.4) is 0 Å². The second-order valence-electron chi connectivity index (χ2n) is 1.31. The first-order chi connectivity index (χ1) is 4.64. The van der Waals surface area contributed by atoms with E-state index in [-0.39, 0.29) is 0 Å². The summed E-state index contributed by atoms with van der Waals surface area (Å²) in [5.74, 6) is 0. The number of nitrogens with two attached hydrogens (primary N) is 1. The van der Waals surface area contributed by atoms with Gasteiger partial charge in [-0.1, -0.05) is 40.9 Å². The molecule has 0 aliphatic rings. The van der Waals surface area contributed by atoms with Crippen molar-refractivity contribution in [3.05, 3.63) is 24.4 Å². The average Bonchev–Trinajstić information content (AvgIpc) is 1.96. The standard InChI is InChI=1S/C5H9N.2C2H6/c1-4(2)5(3)6;2*1-2/h1,3,6H2,2H3;2*1-2H3. The summed E-state index contributed by atoms with van der Waals surface area (Å²) in [6.07, 6.45) is 0. The van der Waals surface area contributed by atoms with E-state index in [0.717, 1.165) is 5.57 Å². The van der Waals surface area contributed by atoms with E-state index in [1.165, 1.54) is 0 Å². The minimum Gasteiger partial charge on any atom is -0.399 e. The molecule has 0 amide bonds. The van der Waals surface area contributed by atoms with Gasteiger partial charge in [-0.2, -0.15) is 0 Å². The van der Waals surface area contributed by atoms with Crippen molar-refractivity contribution in [2.24, 2.45) is 5.73 Å². The molecule has 0 saturated heterocycles. The number of hydrogen-bond donors (Lipinski definition) is 1. The van der Waals surface area contributed by atoms with E-state index >= 15 is 0 Å². The summed E-state index contributed by atoms with van der Waals surface area (Å²) in [5, 5.41) is 0. The minimum absolute atomic E-state index is 0.565. The summed E-state index contributed by atoms with van der Waals surface area (Å²) in [5.41, 5.74) is 6.55. The summed E-state index contributed by atoms with van der Waals surface area (Å²) in [6, 6.07) is 0. The van der Waals surface area contributed by atoms with Gasteiger partial charge in [0.25, 0.3) is 0 Å². The lowest BCUT2D eigenvalue weighted by molar-refractivity contribution is 1.32. The van der Waals surface area contributed by atoms with E-state index in [1.54, 1.807) is 0 Å². The van der Waals surface area contributed by atoms with Gasteiger partial charge in [-0.05, 0) is 12.5 Å². The van der Waals surface area contributed by atoms with Gasteiger partial charge >= 0.3 is 0 Å². The molecule has 0 rings (SSSR count). The molecule has 0 aromatic carbocycles. The molecule has 0 aromatic rings. The lowest BCUT2D eigenvalue weighted by atomic mass is 10.3. The van der Waals surface area contributed by atoms with Gasteiger partial charge in [0.1, 0.15) is 0 Å². The molecule has 0 unspecified atom stereocenters. The molecular formula is C9H21N. The van der Waals surface area contributed by atoms with Gasteiger partial charge in [-0.3, -0.25) is 0 Å². The Labute approximate surface area is 65.6 Å². The highest BCUT2D eigenvalue weighted by Gasteiger charge is 1.77. The monoisotopic (exact) mass is 143 g/mol. The van der Waals surface area contributed by atoms with Crippen LogP contribution in [0.25, 0.3) is 0 Å². The summed E-state index contributed by atoms with van der Waals surface area (Å²) in [7, 11) is 0. The molecule has 1 heteroatoms. The second-order valence-corrected chi connectivity index (χ2v) is 1.31. The molecule has 0 aliphatic heterocycles. The smallest absolute Gasteiger partial charge is 0.0264 e. The van der Waals surface area contributed by atoms with Crippen molar-refractivity contribution in [1.29, 1.82) is 0 Å². The van der Waals surface area contributed by atoms with Crippen molar-refractivity contribution in [3.8, 4) is 0 Å². The first-order valence-corrected chi connectivity index (χ1v) is 3.75. The van der Waals surface area contributed by atoms with Gasteiger partial charge in [0.2, 0.25) is 0 Å². The molecule has 0 aliphatic carbocycles. The van der Waals surface area contributed by atoms with E-state index in [4.69, 9.17) is 5.73 Å². The minimum atomic E-state index is 0.565. The molecule has 1 nitrogen and oxygen atoms in total. The van der Waals surface area contributed by atoms with Gasteiger partial charge in [0.05, 0.1) is 0 Å². The maximum Gasteiger partial charge on any atom is 0.0264 e. The third-order valence-corrected chi connectivity index (χ3v) is 0.548. The van der Waals surface area contributed by atoms with Crippen LogP contribution in [0.4, 0.5) is 0 Å². The van der Waals surface area contributed by atoms with Crippen molar-refractivity contribution in [1.82, 2.24) is 0 Å². The van der Waals surface area contributed by atoms with Gasteiger partial charge < -0.3 is 5.73 Å². The largest absolute Gasteiger partial charge is 0.399 e. The van der Waals surface area contributed by atoms with Gasteiger partial charge in [-0.25, -0.2) is 0 Å². The number of rotatable bonds is 1. The van der Waals surface area contributed by atoms with Crippen LogP contribution >= 0.6 is 0 Å². The van der Waals surface area contributed by atoms with E-state index in [2.05, 4.69) is 13.2 Å². The maximum absolute atomic E-state index is 5.14. The Kier molecular flexibility index (Phi) is 25.4. The highest BCUT2D eigenvalue weighted by molar-refractivity contribution is 5.18. The molecule has 0 spiro atoms. The van der Waals surface area contributed by atoms with Crippen molar-refractivity contribution in [2.75, 3.05) is 0 Å². The molecule has 0 bridgehead atoms. The molecule has 0 fully saturated rings. The van der Waals surface area contributed by atoms with Crippen molar-refractivity contribution < 1.29 is 0 Å². The first kappa shape index (κ1) is 16.1. The molecule has 0 radical (unpaired) electrons. The zero-order valence-electron chi connectivity index (χ0n) is 7.99. The highest BCUT2D eigenvalue weighted by Crippen LogP contribution is 1.90. The molecule has 0 atom stereocenters. The Morgan fingerprint density at radius 2 is 1.10 bits per heavy atom. The van der Waals surface area contributed by atoms with Crippen LogP contribution in [-0.4, -0.2) is 0 Å². The zero-order valence-corrected chi connectivity index (χ0v) is 7.99. The van der Waals surface area contributed by atoms with Crippen LogP contribution in [-0.2, 0) is 0 Å². The highest BCUT2D eigenvalue weighted by atomic mass is 14.6. The van der Waals surface area contributed by atoms with Crippen molar-refractivity contribution >= 4 is 0 Å². The summed E-state index contributed by atoms with van der Waals surface area (Å²) < 4.78 is 0. The first-order valence-electron chi connectivity index (χ1n) is 3.75.